The normalized spacial score (nSPS) is 19.0. The summed E-state index contributed by atoms with van der Waals surface area (Å²) in [7, 11) is 0. The van der Waals surface area contributed by atoms with Crippen molar-refractivity contribution in [1.82, 2.24) is 25.0 Å². The maximum atomic E-state index is 14.0. The second-order valence-corrected chi connectivity index (χ2v) is 17.2. The second-order valence-electron chi connectivity index (χ2n) is 16.3. The Morgan fingerprint density at radius 2 is 1.60 bits per heavy atom. The molecule has 17 heteroatoms. The van der Waals surface area contributed by atoms with Crippen LogP contribution in [-0.4, -0.2) is 132 Å². The van der Waals surface area contributed by atoms with E-state index in [2.05, 4.69) is 55.0 Å². The molecule has 16 nitrogen and oxygen atoms in total. The van der Waals surface area contributed by atoms with Crippen LogP contribution in [-0.2, 0) is 25.6 Å². The van der Waals surface area contributed by atoms with Crippen LogP contribution in [0, 0.1) is 0 Å². The van der Waals surface area contributed by atoms with Crippen molar-refractivity contribution in [3.63, 3.8) is 0 Å². The number of piperidine rings is 1. The number of hydrogen-bond acceptors (Lipinski definition) is 13. The van der Waals surface area contributed by atoms with E-state index in [-0.39, 0.29) is 41.7 Å². The Kier molecular flexibility index (Phi) is 13.3. The molecular weight excluding hydrogens is 849 g/mol. The van der Waals surface area contributed by atoms with Crippen LogP contribution in [0.1, 0.15) is 61.1 Å². The first-order chi connectivity index (χ1) is 31.7. The van der Waals surface area contributed by atoms with Gasteiger partial charge in [-0.25, -0.2) is 4.98 Å². The zero-order valence-electron chi connectivity index (χ0n) is 35.7. The third-order valence-corrected chi connectivity index (χ3v) is 13.0. The van der Waals surface area contributed by atoms with Crippen molar-refractivity contribution in [1.29, 1.82) is 0 Å². The molecule has 0 bridgehead atoms. The average Bonchev–Trinajstić information content (AvgIpc) is 4.02. The molecule has 4 aliphatic heterocycles. The lowest BCUT2D eigenvalue weighted by molar-refractivity contribution is -0.129. The van der Waals surface area contributed by atoms with Gasteiger partial charge in [-0.15, -0.1) is 11.3 Å². The van der Waals surface area contributed by atoms with E-state index < -0.39 is 30.1 Å². The highest BCUT2D eigenvalue weighted by molar-refractivity contribution is 7.13. The number of benzene rings is 4. The Morgan fingerprint density at radius 3 is 2.35 bits per heavy atom. The van der Waals surface area contributed by atoms with Crippen LogP contribution >= 0.6 is 11.3 Å². The Bertz CT molecular complexity index is 2530. The van der Waals surface area contributed by atoms with E-state index in [1.807, 2.05) is 48.5 Å². The molecule has 2 saturated heterocycles. The number of nitrogens with one attached hydrogen (secondary N) is 3. The van der Waals surface area contributed by atoms with Gasteiger partial charge in [0.1, 0.15) is 12.3 Å². The van der Waals surface area contributed by atoms with Gasteiger partial charge in [-0.1, -0.05) is 60.7 Å². The summed E-state index contributed by atoms with van der Waals surface area (Å²) in [6.45, 7) is 6.98. The zero-order valence-corrected chi connectivity index (χ0v) is 36.5. The summed E-state index contributed by atoms with van der Waals surface area (Å²) in [4.78, 5) is 77.3. The Balaban J connectivity index is 0.685. The van der Waals surface area contributed by atoms with Crippen molar-refractivity contribution >= 4 is 57.4 Å². The van der Waals surface area contributed by atoms with Gasteiger partial charge in [0, 0.05) is 80.7 Å². The zero-order chi connectivity index (χ0) is 44.9. The fourth-order valence-corrected chi connectivity index (χ4v) is 9.47. The molecule has 336 valence electrons. The molecule has 3 atom stereocenters. The van der Waals surface area contributed by atoms with Crippen LogP contribution in [0.5, 0.6) is 0 Å². The molecule has 4 N–H and O–H groups in total. The van der Waals surface area contributed by atoms with Gasteiger partial charge in [0.2, 0.25) is 5.91 Å². The van der Waals surface area contributed by atoms with Crippen LogP contribution in [0.15, 0.2) is 103 Å². The summed E-state index contributed by atoms with van der Waals surface area (Å²) >= 11 is 1.33. The third kappa shape index (κ3) is 9.51. The molecular formula is C48H50N8O8S. The number of aliphatic hydroxyl groups is 1. The highest BCUT2D eigenvalue weighted by Gasteiger charge is 2.45. The van der Waals surface area contributed by atoms with Gasteiger partial charge in [0.05, 0.1) is 43.6 Å². The summed E-state index contributed by atoms with van der Waals surface area (Å²) in [5, 5.41) is 21.1. The third-order valence-electron chi connectivity index (χ3n) is 12.3. The average molecular weight is 899 g/mol. The van der Waals surface area contributed by atoms with Crippen LogP contribution < -0.4 is 20.9 Å². The molecule has 5 aromatic rings. The van der Waals surface area contributed by atoms with Crippen molar-refractivity contribution in [2.45, 2.75) is 37.7 Å². The summed E-state index contributed by atoms with van der Waals surface area (Å²) in [6, 6.07) is 27.2. The van der Waals surface area contributed by atoms with Gasteiger partial charge in [-0.3, -0.25) is 39.1 Å². The summed E-state index contributed by atoms with van der Waals surface area (Å²) in [5.74, 6) is -1.78. The van der Waals surface area contributed by atoms with E-state index in [4.69, 9.17) is 9.47 Å². The Hall–Kier alpha value is -6.50. The maximum absolute atomic E-state index is 14.0. The minimum atomic E-state index is -1.30. The molecule has 0 spiro atoms. The number of aromatic nitrogens is 1. The van der Waals surface area contributed by atoms with Crippen molar-refractivity contribution < 1.29 is 38.6 Å². The quantitative estimate of drug-likeness (QED) is 0.0752. The number of carbonyl (C=O) groups excluding carboxylic acids is 5. The van der Waals surface area contributed by atoms with E-state index in [1.54, 1.807) is 34.7 Å². The van der Waals surface area contributed by atoms with Crippen LogP contribution in [0.4, 0.5) is 16.5 Å². The van der Waals surface area contributed by atoms with Crippen molar-refractivity contribution in [2.24, 2.45) is 0 Å². The minimum absolute atomic E-state index is 0.125. The maximum Gasteiger partial charge on any atom is 0.264 e. The predicted octanol–water partition coefficient (Wildman–Crippen LogP) is 4.61. The number of nitrogens with zero attached hydrogens (tertiary/aromatic N) is 5. The topological polar surface area (TPSA) is 186 Å². The van der Waals surface area contributed by atoms with Crippen LogP contribution in [0.3, 0.4) is 0 Å². The largest absolute Gasteiger partial charge is 0.382 e. The molecule has 5 amide bonds. The highest BCUT2D eigenvalue weighted by atomic mass is 32.1. The number of fused-ring (bicyclic) bond motifs is 2. The number of imide groups is 1. The molecule has 9 rings (SSSR count). The number of anilines is 3. The number of amides is 5. The fraction of sp³-hybridized carbons (Fsp3) is 0.333. The van der Waals surface area contributed by atoms with Crippen LogP contribution in [0.25, 0.3) is 11.1 Å². The van der Waals surface area contributed by atoms with Crippen molar-refractivity contribution in [2.75, 3.05) is 81.2 Å². The summed E-state index contributed by atoms with van der Waals surface area (Å²) < 4.78 is 11.6. The monoisotopic (exact) mass is 898 g/mol. The van der Waals surface area contributed by atoms with Crippen molar-refractivity contribution in [3.8, 4) is 11.1 Å². The standard InChI is InChI=1S/C48H50N8O8S/c57-40-16-15-39(43(58)51-40)56-46(61)36-7-4-8-38(41(36)47(56)62)49-17-24-63-26-27-64-25-23-53-19-21-54(22-20-53)35-13-11-31(12-14-35)33-9-10-34-30-55(45(60)37(34)29-33)42(32-5-2-1-3-6-32)44(59)52-48-50-18-28-65-48/h1-14,18,28-29,39,42-43,49,58H,15-17,19-27,30H2,(H,51,57)(H,50,52,59). The number of aliphatic hydroxyl groups excluding tert-OH is 1. The summed E-state index contributed by atoms with van der Waals surface area (Å²) in [5.41, 5.74) is 6.36. The molecule has 65 heavy (non-hydrogen) atoms. The molecule has 3 unspecified atom stereocenters. The van der Waals surface area contributed by atoms with E-state index in [1.165, 1.54) is 11.3 Å². The Labute approximate surface area is 380 Å². The van der Waals surface area contributed by atoms with E-state index in [9.17, 15) is 29.1 Å². The summed E-state index contributed by atoms with van der Waals surface area (Å²) in [6.07, 6.45) is 0.655. The molecule has 0 saturated carbocycles. The molecule has 4 aromatic carbocycles. The number of ether oxygens (including phenoxy) is 2. The number of hydrogen-bond donors (Lipinski definition) is 4. The first kappa shape index (κ1) is 43.7. The van der Waals surface area contributed by atoms with E-state index in [0.29, 0.717) is 55.9 Å². The fourth-order valence-electron chi connectivity index (χ4n) is 8.94. The SMILES string of the molecule is O=C1CCC(N2C(=O)c3cccc(NCCOCCOCCN4CCN(c5ccc(-c6ccc7c(c6)C(=O)N(C(C(=O)Nc6nccs6)c6ccccc6)C7)cc5)CC4)c3C2=O)C(O)N1. The minimum Gasteiger partial charge on any atom is -0.382 e. The number of piperazine rings is 1. The molecule has 0 radical (unpaired) electrons. The van der Waals surface area contributed by atoms with Gasteiger partial charge in [0.15, 0.2) is 5.13 Å². The lowest BCUT2D eigenvalue weighted by Crippen LogP contribution is -2.57. The molecule has 2 fully saturated rings. The lowest BCUT2D eigenvalue weighted by atomic mass is 10.00. The van der Waals surface area contributed by atoms with Gasteiger partial charge < -0.3 is 35.0 Å². The van der Waals surface area contributed by atoms with E-state index in [0.717, 1.165) is 65.6 Å². The smallest absolute Gasteiger partial charge is 0.264 e. The van der Waals surface area contributed by atoms with Gasteiger partial charge in [-0.05, 0) is 59.0 Å². The van der Waals surface area contributed by atoms with Gasteiger partial charge >= 0.3 is 0 Å². The van der Waals surface area contributed by atoms with Crippen molar-refractivity contribution in [3.05, 3.63) is 130 Å². The molecule has 5 heterocycles. The van der Waals surface area contributed by atoms with E-state index >= 15 is 0 Å². The number of thiazole rings is 1. The molecule has 4 aliphatic rings. The number of rotatable bonds is 17. The van der Waals surface area contributed by atoms with Crippen LogP contribution in [0.2, 0.25) is 0 Å². The predicted molar refractivity (Wildman–Crippen MR) is 245 cm³/mol. The Morgan fingerprint density at radius 1 is 0.831 bits per heavy atom. The molecule has 1 aromatic heterocycles. The highest BCUT2D eigenvalue weighted by Crippen LogP contribution is 2.36. The second kappa shape index (κ2) is 19.7. The lowest BCUT2D eigenvalue weighted by Gasteiger charge is -2.36. The van der Waals surface area contributed by atoms with Gasteiger partial charge in [-0.2, -0.15) is 0 Å². The van der Waals surface area contributed by atoms with Gasteiger partial charge in [0.25, 0.3) is 23.6 Å². The first-order valence-electron chi connectivity index (χ1n) is 21.9. The molecule has 0 aliphatic carbocycles. The first-order valence-corrected chi connectivity index (χ1v) is 22.8. The number of carbonyl (C=O) groups is 5.